The molecule has 2 aromatic heterocycles. The van der Waals surface area contributed by atoms with Gasteiger partial charge >= 0.3 is 0 Å². The van der Waals surface area contributed by atoms with E-state index >= 15 is 0 Å². The van der Waals surface area contributed by atoms with Crippen molar-refractivity contribution in [3.05, 3.63) is 59.0 Å². The molecule has 0 spiro atoms. The van der Waals surface area contributed by atoms with Gasteiger partial charge in [0, 0.05) is 43.0 Å². The van der Waals surface area contributed by atoms with Crippen molar-refractivity contribution in [3.63, 3.8) is 0 Å². The lowest BCUT2D eigenvalue weighted by Gasteiger charge is -2.15. The average Bonchev–Trinajstić information content (AvgIpc) is 3.42. The molecule has 3 aromatic rings. The Kier molecular flexibility index (Phi) is 6.18. The third kappa shape index (κ3) is 4.57. The SMILES string of the molecule is Cc1cc(-c2nc(Cl)ccc2-c2cnn(CC3CCCC3)c2)ccc1CN(C)C=O. The van der Waals surface area contributed by atoms with Crippen LogP contribution in [0.3, 0.4) is 0 Å². The average molecular weight is 423 g/mol. The third-order valence-corrected chi connectivity index (χ3v) is 6.15. The van der Waals surface area contributed by atoms with Crippen LogP contribution in [0, 0.1) is 12.8 Å². The Labute approximate surface area is 182 Å². The van der Waals surface area contributed by atoms with E-state index in [9.17, 15) is 4.79 Å². The van der Waals surface area contributed by atoms with Crippen LogP contribution >= 0.6 is 11.6 Å². The number of halogens is 1. The molecule has 0 N–H and O–H groups in total. The lowest BCUT2D eigenvalue weighted by atomic mass is 9.98. The standard InChI is InChI=1S/C24H27ClN4O/c1-17-11-19(7-8-20(17)14-28(2)16-30)24-22(9-10-23(25)27-24)21-12-26-29(15-21)13-18-5-3-4-6-18/h7-12,15-16,18H,3-6,13-14H2,1-2H3. The van der Waals surface area contributed by atoms with Crippen molar-refractivity contribution in [2.45, 2.75) is 45.7 Å². The third-order valence-electron chi connectivity index (χ3n) is 5.94. The van der Waals surface area contributed by atoms with E-state index in [1.165, 1.54) is 25.7 Å². The number of nitrogens with zero attached hydrogens (tertiary/aromatic N) is 4. The van der Waals surface area contributed by atoms with Crippen molar-refractivity contribution in [1.82, 2.24) is 19.7 Å². The second-order valence-corrected chi connectivity index (χ2v) is 8.68. The van der Waals surface area contributed by atoms with Gasteiger partial charge in [0.1, 0.15) is 5.15 Å². The van der Waals surface area contributed by atoms with Crippen LogP contribution in [0.5, 0.6) is 0 Å². The van der Waals surface area contributed by atoms with Gasteiger partial charge in [-0.05, 0) is 55.0 Å². The molecule has 1 aliphatic carbocycles. The van der Waals surface area contributed by atoms with Crippen LogP contribution in [-0.2, 0) is 17.9 Å². The first-order valence-corrected chi connectivity index (χ1v) is 10.9. The zero-order valence-electron chi connectivity index (χ0n) is 17.5. The topological polar surface area (TPSA) is 51.0 Å². The quantitative estimate of drug-likeness (QED) is 0.380. The molecular formula is C24H27ClN4O. The van der Waals surface area contributed by atoms with Crippen LogP contribution in [0.2, 0.25) is 5.15 Å². The molecule has 0 radical (unpaired) electrons. The summed E-state index contributed by atoms with van der Waals surface area (Å²) in [7, 11) is 1.78. The largest absolute Gasteiger partial charge is 0.344 e. The molecule has 0 aliphatic heterocycles. The molecule has 5 nitrogen and oxygen atoms in total. The molecule has 1 amide bonds. The molecule has 0 atom stereocenters. The first kappa shape index (κ1) is 20.6. The van der Waals surface area contributed by atoms with Crippen molar-refractivity contribution < 1.29 is 4.79 Å². The van der Waals surface area contributed by atoms with Crippen LogP contribution < -0.4 is 0 Å². The molecular weight excluding hydrogens is 396 g/mol. The summed E-state index contributed by atoms with van der Waals surface area (Å²) < 4.78 is 2.06. The van der Waals surface area contributed by atoms with E-state index in [0.717, 1.165) is 52.4 Å². The van der Waals surface area contributed by atoms with Gasteiger partial charge in [-0.2, -0.15) is 5.10 Å². The molecule has 0 saturated heterocycles. The van der Waals surface area contributed by atoms with E-state index < -0.39 is 0 Å². The van der Waals surface area contributed by atoms with Crippen LogP contribution in [0.1, 0.15) is 36.8 Å². The van der Waals surface area contributed by atoms with Gasteiger partial charge in [0.2, 0.25) is 6.41 Å². The predicted molar refractivity (Wildman–Crippen MR) is 120 cm³/mol. The summed E-state index contributed by atoms with van der Waals surface area (Å²) in [5.74, 6) is 0.736. The minimum Gasteiger partial charge on any atom is -0.344 e. The van der Waals surface area contributed by atoms with Gasteiger partial charge in [-0.15, -0.1) is 0 Å². The van der Waals surface area contributed by atoms with E-state index in [2.05, 4.69) is 40.0 Å². The van der Waals surface area contributed by atoms with Crippen molar-refractivity contribution >= 4 is 18.0 Å². The van der Waals surface area contributed by atoms with E-state index in [1.54, 1.807) is 11.9 Å². The smallest absolute Gasteiger partial charge is 0.209 e. The summed E-state index contributed by atoms with van der Waals surface area (Å²) in [6, 6.07) is 10.1. The maximum atomic E-state index is 11.0. The molecule has 4 rings (SSSR count). The van der Waals surface area contributed by atoms with Crippen molar-refractivity contribution in [3.8, 4) is 22.4 Å². The van der Waals surface area contributed by atoms with E-state index in [4.69, 9.17) is 11.6 Å². The Morgan fingerprint density at radius 2 is 2.00 bits per heavy atom. The fourth-order valence-corrected chi connectivity index (χ4v) is 4.42. The molecule has 1 aromatic carbocycles. The van der Waals surface area contributed by atoms with Crippen molar-refractivity contribution in [2.75, 3.05) is 7.05 Å². The highest BCUT2D eigenvalue weighted by atomic mass is 35.5. The van der Waals surface area contributed by atoms with Gasteiger partial charge in [-0.1, -0.05) is 36.6 Å². The summed E-state index contributed by atoms with van der Waals surface area (Å²) >= 11 is 6.25. The molecule has 1 fully saturated rings. The summed E-state index contributed by atoms with van der Waals surface area (Å²) in [6.45, 7) is 3.62. The number of hydrogen-bond donors (Lipinski definition) is 0. The van der Waals surface area contributed by atoms with Gasteiger partial charge in [-0.25, -0.2) is 4.98 Å². The van der Waals surface area contributed by atoms with Crippen LogP contribution in [0.25, 0.3) is 22.4 Å². The molecule has 1 aliphatic rings. The van der Waals surface area contributed by atoms with Crippen molar-refractivity contribution in [2.24, 2.45) is 5.92 Å². The van der Waals surface area contributed by atoms with Crippen LogP contribution in [-0.4, -0.2) is 33.1 Å². The molecule has 30 heavy (non-hydrogen) atoms. The van der Waals surface area contributed by atoms with Crippen LogP contribution in [0.4, 0.5) is 0 Å². The first-order chi connectivity index (χ1) is 14.5. The normalized spacial score (nSPS) is 14.2. The highest BCUT2D eigenvalue weighted by Crippen LogP contribution is 2.33. The molecule has 6 heteroatoms. The predicted octanol–water partition coefficient (Wildman–Crippen LogP) is 5.35. The van der Waals surface area contributed by atoms with Gasteiger partial charge in [0.25, 0.3) is 0 Å². The number of aromatic nitrogens is 3. The number of amides is 1. The van der Waals surface area contributed by atoms with Gasteiger partial charge in [-0.3, -0.25) is 9.48 Å². The molecule has 156 valence electrons. The molecule has 0 bridgehead atoms. The second-order valence-electron chi connectivity index (χ2n) is 8.29. The first-order valence-electron chi connectivity index (χ1n) is 10.5. The second kappa shape index (κ2) is 9.00. The summed E-state index contributed by atoms with van der Waals surface area (Å²) in [5.41, 5.74) is 6.16. The maximum absolute atomic E-state index is 11.0. The Morgan fingerprint density at radius 3 is 2.73 bits per heavy atom. The Balaban J connectivity index is 1.65. The number of benzene rings is 1. The van der Waals surface area contributed by atoms with Crippen molar-refractivity contribution in [1.29, 1.82) is 0 Å². The fraction of sp³-hybridized carbons (Fsp3) is 0.375. The number of rotatable bonds is 7. The number of carbonyl (C=O) groups is 1. The Morgan fingerprint density at radius 1 is 1.20 bits per heavy atom. The Bertz CT molecular complexity index is 1040. The van der Waals surface area contributed by atoms with E-state index in [0.29, 0.717) is 11.7 Å². The monoisotopic (exact) mass is 422 g/mol. The number of aryl methyl sites for hydroxylation is 1. The van der Waals surface area contributed by atoms with Crippen LogP contribution in [0.15, 0.2) is 42.7 Å². The van der Waals surface area contributed by atoms with Gasteiger partial charge in [0.15, 0.2) is 0 Å². The van der Waals surface area contributed by atoms with Gasteiger partial charge < -0.3 is 4.90 Å². The lowest BCUT2D eigenvalue weighted by Crippen LogP contribution is -2.15. The minimum absolute atomic E-state index is 0.467. The molecule has 1 saturated carbocycles. The minimum atomic E-state index is 0.467. The molecule has 2 heterocycles. The Hall–Kier alpha value is -2.66. The highest BCUT2D eigenvalue weighted by Gasteiger charge is 2.17. The maximum Gasteiger partial charge on any atom is 0.209 e. The van der Waals surface area contributed by atoms with Gasteiger partial charge in [0.05, 0.1) is 11.9 Å². The summed E-state index contributed by atoms with van der Waals surface area (Å²) in [4.78, 5) is 17.2. The van der Waals surface area contributed by atoms with E-state index in [1.807, 2.05) is 24.4 Å². The van der Waals surface area contributed by atoms with E-state index in [-0.39, 0.29) is 0 Å². The zero-order chi connectivity index (χ0) is 21.1. The fourth-order valence-electron chi connectivity index (χ4n) is 4.27. The lowest BCUT2D eigenvalue weighted by molar-refractivity contribution is -0.117. The summed E-state index contributed by atoms with van der Waals surface area (Å²) in [6.07, 6.45) is 10.1. The number of hydrogen-bond acceptors (Lipinski definition) is 3. The number of carbonyl (C=O) groups excluding carboxylic acids is 1. The number of pyridine rings is 1. The molecule has 0 unspecified atom stereocenters. The highest BCUT2D eigenvalue weighted by molar-refractivity contribution is 6.29. The summed E-state index contributed by atoms with van der Waals surface area (Å²) in [5, 5.41) is 5.07. The zero-order valence-corrected chi connectivity index (χ0v) is 18.3.